The van der Waals surface area contributed by atoms with E-state index in [1.807, 2.05) is 29.4 Å². The molecule has 1 aliphatic rings. The van der Waals surface area contributed by atoms with E-state index in [2.05, 4.69) is 21.5 Å². The second kappa shape index (κ2) is 6.73. The molecular weight excluding hydrogens is 276 g/mol. The number of amides is 1. The van der Waals surface area contributed by atoms with Crippen LogP contribution < -0.4 is 0 Å². The first-order valence-electron chi connectivity index (χ1n) is 7.95. The van der Waals surface area contributed by atoms with Crippen molar-refractivity contribution in [2.24, 2.45) is 0 Å². The van der Waals surface area contributed by atoms with E-state index in [0.29, 0.717) is 12.3 Å². The molecule has 5 heteroatoms. The zero-order valence-corrected chi connectivity index (χ0v) is 13.0. The van der Waals surface area contributed by atoms with Crippen molar-refractivity contribution in [3.63, 3.8) is 0 Å². The van der Waals surface area contributed by atoms with Gasteiger partial charge in [-0.2, -0.15) is 0 Å². The van der Waals surface area contributed by atoms with Crippen molar-refractivity contribution >= 4 is 5.91 Å². The van der Waals surface area contributed by atoms with E-state index in [-0.39, 0.29) is 5.91 Å². The molecule has 0 bridgehead atoms. The van der Waals surface area contributed by atoms with Crippen LogP contribution in [0.2, 0.25) is 0 Å². The van der Waals surface area contributed by atoms with Gasteiger partial charge in [-0.3, -0.25) is 9.78 Å². The van der Waals surface area contributed by atoms with E-state index in [1.165, 1.54) is 0 Å². The number of pyridine rings is 1. The number of imidazole rings is 1. The highest BCUT2D eigenvalue weighted by Gasteiger charge is 2.27. The number of hydrogen-bond donors (Lipinski definition) is 0. The van der Waals surface area contributed by atoms with Crippen LogP contribution in [0.1, 0.15) is 37.1 Å². The molecule has 1 aliphatic heterocycles. The number of aryl methyl sites for hydroxylation is 1. The first-order chi connectivity index (χ1) is 10.8. The zero-order chi connectivity index (χ0) is 15.4. The van der Waals surface area contributed by atoms with Gasteiger partial charge < -0.3 is 9.47 Å². The molecule has 5 nitrogen and oxygen atoms in total. The maximum absolute atomic E-state index is 12.5. The first kappa shape index (κ1) is 14.8. The standard InChI is InChI=1S/C17H22N4O/c1-2-20-11-9-19-17(20)15-4-3-10-21(13-15)16(22)12-14-5-7-18-8-6-14/h5-9,11,15H,2-4,10,12-13H2,1H3/t15-/m1/s1. The Morgan fingerprint density at radius 2 is 2.14 bits per heavy atom. The molecule has 3 heterocycles. The molecule has 22 heavy (non-hydrogen) atoms. The van der Waals surface area contributed by atoms with Crippen molar-refractivity contribution in [1.82, 2.24) is 19.4 Å². The van der Waals surface area contributed by atoms with Gasteiger partial charge in [0.05, 0.1) is 6.42 Å². The number of piperidine rings is 1. The van der Waals surface area contributed by atoms with Crippen molar-refractivity contribution in [3.8, 4) is 0 Å². The van der Waals surface area contributed by atoms with Crippen LogP contribution in [0.5, 0.6) is 0 Å². The van der Waals surface area contributed by atoms with E-state index in [4.69, 9.17) is 0 Å². The monoisotopic (exact) mass is 298 g/mol. The number of carbonyl (C=O) groups is 1. The summed E-state index contributed by atoms with van der Waals surface area (Å²) >= 11 is 0. The predicted molar refractivity (Wildman–Crippen MR) is 84.4 cm³/mol. The van der Waals surface area contributed by atoms with Crippen LogP contribution in [0.25, 0.3) is 0 Å². The molecule has 0 aliphatic carbocycles. The molecule has 1 fully saturated rings. The summed E-state index contributed by atoms with van der Waals surface area (Å²) in [5.41, 5.74) is 1.03. The van der Waals surface area contributed by atoms with Gasteiger partial charge >= 0.3 is 0 Å². The Morgan fingerprint density at radius 3 is 2.91 bits per heavy atom. The van der Waals surface area contributed by atoms with E-state index in [9.17, 15) is 4.79 Å². The molecule has 0 aromatic carbocycles. The van der Waals surface area contributed by atoms with Crippen molar-refractivity contribution < 1.29 is 4.79 Å². The molecule has 1 atom stereocenters. The smallest absolute Gasteiger partial charge is 0.227 e. The summed E-state index contributed by atoms with van der Waals surface area (Å²) in [5.74, 6) is 1.67. The third-order valence-electron chi connectivity index (χ3n) is 4.33. The fourth-order valence-electron chi connectivity index (χ4n) is 3.15. The molecule has 2 aromatic rings. The molecule has 0 radical (unpaired) electrons. The Balaban J connectivity index is 1.66. The quantitative estimate of drug-likeness (QED) is 0.870. The molecule has 1 saturated heterocycles. The number of aromatic nitrogens is 3. The van der Waals surface area contributed by atoms with Crippen LogP contribution >= 0.6 is 0 Å². The number of rotatable bonds is 4. The lowest BCUT2D eigenvalue weighted by Crippen LogP contribution is -2.40. The third-order valence-corrected chi connectivity index (χ3v) is 4.33. The Kier molecular flexibility index (Phi) is 4.51. The van der Waals surface area contributed by atoms with E-state index in [0.717, 1.165) is 43.9 Å². The largest absolute Gasteiger partial charge is 0.342 e. The van der Waals surface area contributed by atoms with Gasteiger partial charge in [0.1, 0.15) is 5.82 Å². The topological polar surface area (TPSA) is 51.0 Å². The predicted octanol–water partition coefficient (Wildman–Crippen LogP) is 2.25. The van der Waals surface area contributed by atoms with Gasteiger partial charge in [0.15, 0.2) is 0 Å². The highest BCUT2D eigenvalue weighted by atomic mass is 16.2. The highest BCUT2D eigenvalue weighted by molar-refractivity contribution is 5.78. The van der Waals surface area contributed by atoms with Crippen LogP contribution in [0.15, 0.2) is 36.9 Å². The average Bonchev–Trinajstić information content (AvgIpc) is 3.04. The highest BCUT2D eigenvalue weighted by Crippen LogP contribution is 2.26. The Bertz CT molecular complexity index is 623. The molecule has 2 aromatic heterocycles. The number of carbonyl (C=O) groups excluding carboxylic acids is 1. The summed E-state index contributed by atoms with van der Waals surface area (Å²) in [5, 5.41) is 0. The van der Waals surface area contributed by atoms with Gasteiger partial charge in [0, 0.05) is 50.3 Å². The van der Waals surface area contributed by atoms with Crippen molar-refractivity contribution in [3.05, 3.63) is 48.3 Å². The summed E-state index contributed by atoms with van der Waals surface area (Å²) in [7, 11) is 0. The number of hydrogen-bond acceptors (Lipinski definition) is 3. The summed E-state index contributed by atoms with van der Waals surface area (Å²) in [4.78, 5) is 23.0. The first-order valence-corrected chi connectivity index (χ1v) is 7.95. The van der Waals surface area contributed by atoms with Crippen LogP contribution in [-0.4, -0.2) is 38.4 Å². The molecule has 0 unspecified atom stereocenters. The summed E-state index contributed by atoms with van der Waals surface area (Å²) in [6.45, 7) is 4.69. The Labute approximate surface area is 131 Å². The molecule has 0 N–H and O–H groups in total. The van der Waals surface area contributed by atoms with Crippen LogP contribution in [0, 0.1) is 0 Å². The van der Waals surface area contributed by atoms with E-state index < -0.39 is 0 Å². The van der Waals surface area contributed by atoms with Crippen LogP contribution in [-0.2, 0) is 17.8 Å². The van der Waals surface area contributed by atoms with E-state index >= 15 is 0 Å². The molecule has 3 rings (SSSR count). The van der Waals surface area contributed by atoms with Crippen LogP contribution in [0.3, 0.4) is 0 Å². The fraction of sp³-hybridized carbons (Fsp3) is 0.471. The maximum atomic E-state index is 12.5. The Hall–Kier alpha value is -2.17. The SMILES string of the molecule is CCn1ccnc1[C@@H]1CCCN(C(=O)Cc2ccncc2)C1. The van der Waals surface area contributed by atoms with Crippen molar-refractivity contribution in [1.29, 1.82) is 0 Å². The second-order valence-corrected chi connectivity index (χ2v) is 5.78. The lowest BCUT2D eigenvalue weighted by atomic mass is 9.96. The maximum Gasteiger partial charge on any atom is 0.227 e. The van der Waals surface area contributed by atoms with Gasteiger partial charge in [-0.25, -0.2) is 4.98 Å². The molecular formula is C17H22N4O. The van der Waals surface area contributed by atoms with Gasteiger partial charge in [-0.1, -0.05) is 0 Å². The second-order valence-electron chi connectivity index (χ2n) is 5.78. The molecule has 1 amide bonds. The molecule has 0 spiro atoms. The fourth-order valence-corrected chi connectivity index (χ4v) is 3.15. The van der Waals surface area contributed by atoms with Gasteiger partial charge in [-0.05, 0) is 37.5 Å². The number of nitrogens with zero attached hydrogens (tertiary/aromatic N) is 4. The molecule has 0 saturated carbocycles. The lowest BCUT2D eigenvalue weighted by molar-refractivity contribution is -0.131. The lowest BCUT2D eigenvalue weighted by Gasteiger charge is -2.32. The summed E-state index contributed by atoms with van der Waals surface area (Å²) < 4.78 is 2.18. The summed E-state index contributed by atoms with van der Waals surface area (Å²) in [6, 6.07) is 3.81. The number of likely N-dealkylation sites (tertiary alicyclic amines) is 1. The van der Waals surface area contributed by atoms with Gasteiger partial charge in [0.25, 0.3) is 0 Å². The van der Waals surface area contributed by atoms with Gasteiger partial charge in [-0.15, -0.1) is 0 Å². The Morgan fingerprint density at radius 1 is 1.32 bits per heavy atom. The van der Waals surface area contributed by atoms with Gasteiger partial charge in [0.2, 0.25) is 5.91 Å². The summed E-state index contributed by atoms with van der Waals surface area (Å²) in [6.07, 6.45) is 9.96. The average molecular weight is 298 g/mol. The van der Waals surface area contributed by atoms with E-state index in [1.54, 1.807) is 12.4 Å². The van der Waals surface area contributed by atoms with Crippen LogP contribution in [0.4, 0.5) is 0 Å². The van der Waals surface area contributed by atoms with Crippen molar-refractivity contribution in [2.45, 2.75) is 38.6 Å². The minimum Gasteiger partial charge on any atom is -0.342 e. The molecule has 116 valence electrons. The normalized spacial score (nSPS) is 18.4. The minimum absolute atomic E-state index is 0.200. The third kappa shape index (κ3) is 3.18. The zero-order valence-electron chi connectivity index (χ0n) is 13.0. The minimum atomic E-state index is 0.200. The van der Waals surface area contributed by atoms with Crippen molar-refractivity contribution in [2.75, 3.05) is 13.1 Å².